The van der Waals surface area contributed by atoms with Gasteiger partial charge in [-0.25, -0.2) is 4.79 Å². The van der Waals surface area contributed by atoms with Gasteiger partial charge in [0.1, 0.15) is 11.3 Å². The Labute approximate surface area is 144 Å². The normalized spacial score (nSPS) is 21.8. The summed E-state index contributed by atoms with van der Waals surface area (Å²) in [5.74, 6) is -0.681. The molecule has 1 unspecified atom stereocenters. The smallest absolute Gasteiger partial charge is 0.341 e. The lowest BCUT2D eigenvalue weighted by Crippen LogP contribution is -2.39. The molecule has 0 radical (unpaired) electrons. The molecule has 5 nitrogen and oxygen atoms in total. The summed E-state index contributed by atoms with van der Waals surface area (Å²) in [6, 6.07) is 8.54. The van der Waals surface area contributed by atoms with Gasteiger partial charge in [0, 0.05) is 12.2 Å². The Kier molecular flexibility index (Phi) is 3.35. The highest BCUT2D eigenvalue weighted by Gasteiger charge is 2.39. The lowest BCUT2D eigenvalue weighted by Gasteiger charge is -2.35. The van der Waals surface area contributed by atoms with Crippen LogP contribution in [0.15, 0.2) is 47.3 Å². The molecule has 2 aliphatic rings. The Hall–Kier alpha value is -2.82. The Morgan fingerprint density at radius 3 is 2.52 bits per heavy atom. The molecule has 2 N–H and O–H groups in total. The molecule has 1 aliphatic carbocycles. The van der Waals surface area contributed by atoms with E-state index in [4.69, 9.17) is 0 Å². The van der Waals surface area contributed by atoms with Gasteiger partial charge in [0.25, 0.3) is 5.56 Å². The minimum absolute atomic E-state index is 0.158. The predicted molar refractivity (Wildman–Crippen MR) is 93.3 cm³/mol. The monoisotopic (exact) mass is 337 g/mol. The molecular formula is C20H19NO4. The zero-order valence-electron chi connectivity index (χ0n) is 13.9. The maximum absolute atomic E-state index is 12.7. The van der Waals surface area contributed by atoms with Gasteiger partial charge in [-0.1, -0.05) is 24.3 Å². The van der Waals surface area contributed by atoms with Crippen LogP contribution in [0.25, 0.3) is 0 Å². The highest BCUT2D eigenvalue weighted by molar-refractivity contribution is 5.87. The van der Waals surface area contributed by atoms with E-state index in [9.17, 15) is 19.8 Å². The molecule has 128 valence electrons. The number of aromatic nitrogens is 1. The van der Waals surface area contributed by atoms with E-state index in [2.05, 4.69) is 6.08 Å². The molecule has 25 heavy (non-hydrogen) atoms. The average molecular weight is 337 g/mol. The fraction of sp³-hybridized carbons (Fsp3) is 0.300. The Morgan fingerprint density at radius 1 is 1.24 bits per heavy atom. The maximum Gasteiger partial charge on any atom is 0.341 e. The first kappa shape index (κ1) is 15.7. The molecule has 5 heteroatoms. The van der Waals surface area contributed by atoms with Gasteiger partial charge in [-0.05, 0) is 55.0 Å². The summed E-state index contributed by atoms with van der Waals surface area (Å²) in [5, 5.41) is 19.0. The highest BCUT2D eigenvalue weighted by Crippen LogP contribution is 2.47. The lowest BCUT2D eigenvalue weighted by molar-refractivity contribution is 0.0694. The fourth-order valence-corrected chi connectivity index (χ4v) is 3.81. The van der Waals surface area contributed by atoms with Crippen molar-refractivity contribution in [2.75, 3.05) is 0 Å². The highest BCUT2D eigenvalue weighted by atomic mass is 16.4. The summed E-state index contributed by atoms with van der Waals surface area (Å²) >= 11 is 0. The topological polar surface area (TPSA) is 79.5 Å². The van der Waals surface area contributed by atoms with Gasteiger partial charge < -0.3 is 14.8 Å². The van der Waals surface area contributed by atoms with Gasteiger partial charge in [0.15, 0.2) is 0 Å². The summed E-state index contributed by atoms with van der Waals surface area (Å²) in [6.45, 7) is 2.41. The maximum atomic E-state index is 12.7. The Bertz CT molecular complexity index is 951. The summed E-state index contributed by atoms with van der Waals surface area (Å²) in [6.07, 6.45) is 6.00. The Balaban J connectivity index is 2.02. The number of allylic oxidation sites excluding steroid dienone is 2. The number of rotatable bonds is 3. The third-order valence-electron chi connectivity index (χ3n) is 5.26. The molecule has 1 aliphatic heterocycles. The molecule has 1 fully saturated rings. The SMILES string of the molecule is CC1(c2ccc(O)cc2)C=CCn2c1c(C1CC1)cc(C(=O)O)c2=O. The number of hydrogen-bond acceptors (Lipinski definition) is 3. The van der Waals surface area contributed by atoms with Crippen LogP contribution in [-0.2, 0) is 12.0 Å². The first-order valence-electron chi connectivity index (χ1n) is 8.40. The van der Waals surface area contributed by atoms with Gasteiger partial charge >= 0.3 is 5.97 Å². The largest absolute Gasteiger partial charge is 0.508 e. The van der Waals surface area contributed by atoms with Gasteiger partial charge in [0.05, 0.1) is 5.41 Å². The fourth-order valence-electron chi connectivity index (χ4n) is 3.81. The van der Waals surface area contributed by atoms with Gasteiger partial charge in [-0.3, -0.25) is 4.79 Å². The van der Waals surface area contributed by atoms with Crippen LogP contribution in [0.4, 0.5) is 0 Å². The van der Waals surface area contributed by atoms with E-state index >= 15 is 0 Å². The number of phenols is 1. The summed E-state index contributed by atoms with van der Waals surface area (Å²) in [4.78, 5) is 24.2. The summed E-state index contributed by atoms with van der Waals surface area (Å²) in [5.41, 5.74) is 1.63. The van der Waals surface area contributed by atoms with E-state index in [0.717, 1.165) is 29.7 Å². The van der Waals surface area contributed by atoms with Crippen LogP contribution >= 0.6 is 0 Å². The zero-order valence-corrected chi connectivity index (χ0v) is 13.9. The van der Waals surface area contributed by atoms with E-state index in [0.29, 0.717) is 12.5 Å². The molecule has 1 saturated carbocycles. The number of phenolic OH excluding ortho intramolecular Hbond substituents is 1. The average Bonchev–Trinajstić information content (AvgIpc) is 3.41. The van der Waals surface area contributed by atoms with Crippen LogP contribution in [-0.4, -0.2) is 20.7 Å². The van der Waals surface area contributed by atoms with Crippen LogP contribution in [0.1, 0.15) is 52.9 Å². The molecule has 0 spiro atoms. The van der Waals surface area contributed by atoms with Crippen molar-refractivity contribution in [2.45, 2.75) is 37.6 Å². The van der Waals surface area contributed by atoms with Crippen molar-refractivity contribution in [3.8, 4) is 5.75 Å². The predicted octanol–water partition coefficient (Wildman–Crippen LogP) is 3.01. The molecule has 4 rings (SSSR count). The second-order valence-corrected chi connectivity index (χ2v) is 7.01. The Morgan fingerprint density at radius 2 is 1.92 bits per heavy atom. The van der Waals surface area contributed by atoms with E-state index < -0.39 is 16.9 Å². The zero-order chi connectivity index (χ0) is 17.8. The molecule has 0 bridgehead atoms. The van der Waals surface area contributed by atoms with Crippen LogP contribution in [0.5, 0.6) is 5.75 Å². The van der Waals surface area contributed by atoms with Crippen molar-refractivity contribution >= 4 is 5.97 Å². The number of carboxylic acids is 1. The van der Waals surface area contributed by atoms with Crippen molar-refractivity contribution in [3.05, 3.63) is 75.2 Å². The minimum Gasteiger partial charge on any atom is -0.508 e. The first-order chi connectivity index (χ1) is 11.9. The van der Waals surface area contributed by atoms with Crippen molar-refractivity contribution in [2.24, 2.45) is 0 Å². The van der Waals surface area contributed by atoms with Crippen LogP contribution in [0, 0.1) is 0 Å². The van der Waals surface area contributed by atoms with E-state index in [1.807, 2.05) is 25.1 Å². The summed E-state index contributed by atoms with van der Waals surface area (Å²) in [7, 11) is 0. The first-order valence-corrected chi connectivity index (χ1v) is 8.40. The summed E-state index contributed by atoms with van der Waals surface area (Å²) < 4.78 is 1.60. The van der Waals surface area contributed by atoms with Crippen LogP contribution in [0.2, 0.25) is 0 Å². The number of aromatic carboxylic acids is 1. The molecule has 1 aromatic heterocycles. The molecule has 0 saturated heterocycles. The van der Waals surface area contributed by atoms with Crippen molar-refractivity contribution < 1.29 is 15.0 Å². The third kappa shape index (κ3) is 2.38. The third-order valence-corrected chi connectivity index (χ3v) is 5.26. The number of fused-ring (bicyclic) bond motifs is 1. The van der Waals surface area contributed by atoms with Crippen LogP contribution in [0.3, 0.4) is 0 Å². The number of nitrogens with zero attached hydrogens (tertiary/aromatic N) is 1. The number of aromatic hydroxyl groups is 1. The standard InChI is InChI=1S/C20H19NO4/c1-20(13-5-7-14(22)8-6-13)9-2-10-21-17(20)15(12-3-4-12)11-16(18(21)23)19(24)25/h2,5-9,11-12,22H,3-4,10H2,1H3,(H,24,25). The number of benzene rings is 1. The minimum atomic E-state index is -1.18. The van der Waals surface area contributed by atoms with Crippen molar-refractivity contribution in [1.82, 2.24) is 4.57 Å². The number of carbonyl (C=O) groups is 1. The van der Waals surface area contributed by atoms with Crippen molar-refractivity contribution in [3.63, 3.8) is 0 Å². The number of hydrogen-bond donors (Lipinski definition) is 2. The molecule has 1 aromatic carbocycles. The molecule has 2 aromatic rings. The van der Waals surface area contributed by atoms with E-state index in [1.54, 1.807) is 22.8 Å². The second-order valence-electron chi connectivity index (χ2n) is 7.01. The number of carboxylic acid groups (broad SMARTS) is 1. The molecule has 2 heterocycles. The van der Waals surface area contributed by atoms with Gasteiger partial charge in [-0.15, -0.1) is 0 Å². The second kappa shape index (κ2) is 5.34. The van der Waals surface area contributed by atoms with Crippen LogP contribution < -0.4 is 5.56 Å². The molecular weight excluding hydrogens is 318 g/mol. The van der Waals surface area contributed by atoms with E-state index in [1.165, 1.54) is 0 Å². The van der Waals surface area contributed by atoms with Crippen molar-refractivity contribution in [1.29, 1.82) is 0 Å². The quantitative estimate of drug-likeness (QED) is 0.844. The lowest BCUT2D eigenvalue weighted by atomic mass is 9.74. The number of pyridine rings is 1. The van der Waals surface area contributed by atoms with E-state index in [-0.39, 0.29) is 11.3 Å². The molecule has 0 amide bonds. The van der Waals surface area contributed by atoms with Gasteiger partial charge in [-0.2, -0.15) is 0 Å². The molecule has 1 atom stereocenters. The van der Waals surface area contributed by atoms with Gasteiger partial charge in [0.2, 0.25) is 0 Å².